The third-order valence-electron chi connectivity index (χ3n) is 2.27. The topological polar surface area (TPSA) is 81.7 Å². The smallest absolute Gasteiger partial charge is 0.213 e. The second-order valence-corrected chi connectivity index (χ2v) is 7.36. The molecule has 2 rings (SSSR count). The number of hydrogen-bond acceptors (Lipinski definition) is 6. The van der Waals surface area contributed by atoms with Crippen LogP contribution in [0.5, 0.6) is 0 Å². The van der Waals surface area contributed by atoms with Gasteiger partial charge in [0.05, 0.1) is 9.76 Å². The molecule has 106 valence electrons. The molecule has 5 nitrogen and oxygen atoms in total. The van der Waals surface area contributed by atoms with Crippen molar-refractivity contribution in [3.8, 4) is 0 Å². The minimum absolute atomic E-state index is 0.0846. The number of thiophene rings is 1. The predicted octanol–water partition coefficient (Wildman–Crippen LogP) is 2.46. The van der Waals surface area contributed by atoms with Gasteiger partial charge in [-0.2, -0.15) is 0 Å². The van der Waals surface area contributed by atoms with Gasteiger partial charge in [-0.15, -0.1) is 16.4 Å². The number of carbonyl (C=O) groups is 1. The van der Waals surface area contributed by atoms with Crippen molar-refractivity contribution in [1.82, 2.24) is 15.2 Å². The summed E-state index contributed by atoms with van der Waals surface area (Å²) in [5, 5.41) is 18.3. The Bertz CT molecular complexity index is 636. The Morgan fingerprint density at radius 2 is 2.40 bits per heavy atom. The summed E-state index contributed by atoms with van der Waals surface area (Å²) in [6, 6.07) is 3.69. The first kappa shape index (κ1) is 15.3. The number of aryl methyl sites for hydroxylation is 1. The predicted molar refractivity (Wildman–Crippen MR) is 81.2 cm³/mol. The molecule has 0 atom stereocenters. The molecule has 2 aromatic heterocycles. The highest BCUT2D eigenvalue weighted by molar-refractivity contribution is 9.11. The van der Waals surface area contributed by atoms with E-state index in [1.807, 2.05) is 19.1 Å². The third kappa shape index (κ3) is 4.19. The summed E-state index contributed by atoms with van der Waals surface area (Å²) in [4.78, 5) is 16.3. The van der Waals surface area contributed by atoms with Gasteiger partial charge < -0.3 is 9.90 Å². The van der Waals surface area contributed by atoms with E-state index in [1.54, 1.807) is 6.08 Å². The second kappa shape index (κ2) is 7.05. The molecule has 20 heavy (non-hydrogen) atoms. The zero-order chi connectivity index (χ0) is 14.5. The van der Waals surface area contributed by atoms with E-state index in [1.165, 1.54) is 11.3 Å². The van der Waals surface area contributed by atoms with Gasteiger partial charge in [0.1, 0.15) is 5.82 Å². The van der Waals surface area contributed by atoms with E-state index in [2.05, 4.69) is 31.1 Å². The maximum Gasteiger partial charge on any atom is 0.213 e. The molecule has 0 saturated heterocycles. The number of aliphatic carboxylic acids is 1. The van der Waals surface area contributed by atoms with E-state index in [0.29, 0.717) is 5.16 Å². The molecule has 0 aliphatic carbocycles. The molecule has 0 saturated carbocycles. The first-order valence-corrected chi connectivity index (χ1v) is 8.28. The van der Waals surface area contributed by atoms with Crippen LogP contribution in [0.15, 0.2) is 26.0 Å². The van der Waals surface area contributed by atoms with Gasteiger partial charge in [-0.1, -0.05) is 6.92 Å². The Morgan fingerprint density at radius 1 is 1.60 bits per heavy atom. The Hall–Kier alpha value is -1.12. The van der Waals surface area contributed by atoms with E-state index < -0.39 is 5.97 Å². The van der Waals surface area contributed by atoms with Gasteiger partial charge in [0.15, 0.2) is 0 Å². The molecule has 0 radical (unpaired) electrons. The summed E-state index contributed by atoms with van der Waals surface area (Å²) in [5.41, 5.74) is 0. The molecule has 0 aliphatic heterocycles. The summed E-state index contributed by atoms with van der Waals surface area (Å²) in [5.74, 6) is -0.479. The van der Waals surface area contributed by atoms with Crippen LogP contribution in [-0.2, 0) is 11.2 Å². The Labute approximate surface area is 132 Å². The van der Waals surface area contributed by atoms with E-state index in [4.69, 9.17) is 0 Å². The average molecular weight is 373 g/mol. The number of hydrogen-bond donors (Lipinski definition) is 1. The zero-order valence-electron chi connectivity index (χ0n) is 10.6. The standard InChI is InChI=1S/C12H12BrN3O2S2/c1-2-3-10-14-12(16-15-10)20-8(11(17)18)6-7-4-5-9(13)19-7/h4-6H,2-3H2,1H3,(H,17,18)(H,14,15,16)/p-1/b8-6+. The van der Waals surface area contributed by atoms with Gasteiger partial charge in [0.25, 0.3) is 0 Å². The lowest BCUT2D eigenvalue weighted by molar-refractivity contribution is -0.297. The molecule has 2 heterocycles. The highest BCUT2D eigenvalue weighted by Gasteiger charge is 2.09. The van der Waals surface area contributed by atoms with Gasteiger partial charge in [0.2, 0.25) is 5.16 Å². The Kier molecular flexibility index (Phi) is 5.38. The van der Waals surface area contributed by atoms with E-state index in [-0.39, 0.29) is 4.91 Å². The quantitative estimate of drug-likeness (QED) is 0.621. The van der Waals surface area contributed by atoms with Gasteiger partial charge in [0, 0.05) is 16.2 Å². The zero-order valence-corrected chi connectivity index (χ0v) is 13.8. The molecule has 0 unspecified atom stereocenters. The van der Waals surface area contributed by atoms with Crippen LogP contribution in [0.1, 0.15) is 24.0 Å². The maximum absolute atomic E-state index is 11.2. The first-order chi connectivity index (χ1) is 9.58. The summed E-state index contributed by atoms with van der Waals surface area (Å²) in [6.07, 6.45) is 3.30. The molecule has 0 bridgehead atoms. The largest absolute Gasteiger partial charge is 0.544 e. The van der Waals surface area contributed by atoms with Crippen molar-refractivity contribution >= 4 is 51.1 Å². The molecular weight excluding hydrogens is 362 g/mol. The van der Waals surface area contributed by atoms with Crippen molar-refractivity contribution in [2.45, 2.75) is 24.9 Å². The van der Waals surface area contributed by atoms with Crippen LogP contribution >= 0.6 is 39.0 Å². The van der Waals surface area contributed by atoms with Crippen LogP contribution in [0.25, 0.3) is 6.08 Å². The lowest BCUT2D eigenvalue weighted by Gasteiger charge is -2.04. The van der Waals surface area contributed by atoms with Crippen molar-refractivity contribution in [1.29, 1.82) is 0 Å². The number of thioether (sulfide) groups is 1. The number of aromatic amines is 1. The van der Waals surface area contributed by atoms with E-state index >= 15 is 0 Å². The number of nitrogens with zero attached hydrogens (tertiary/aromatic N) is 2. The number of H-pyrrole nitrogens is 1. The minimum atomic E-state index is -1.23. The normalized spacial score (nSPS) is 11.8. The summed E-state index contributed by atoms with van der Waals surface area (Å²) in [7, 11) is 0. The second-order valence-electron chi connectivity index (χ2n) is 3.85. The Morgan fingerprint density at radius 3 is 3.00 bits per heavy atom. The van der Waals surface area contributed by atoms with Gasteiger partial charge in [-0.3, -0.25) is 5.10 Å². The highest BCUT2D eigenvalue weighted by atomic mass is 79.9. The minimum Gasteiger partial charge on any atom is -0.544 e. The molecule has 0 amide bonds. The number of carboxylic acids is 1. The summed E-state index contributed by atoms with van der Waals surface area (Å²) < 4.78 is 0.939. The van der Waals surface area contributed by atoms with Gasteiger partial charge >= 0.3 is 0 Å². The van der Waals surface area contributed by atoms with E-state index in [9.17, 15) is 9.90 Å². The SMILES string of the molecule is CCCc1nc(S/C(=C/c2ccc(Br)s2)C(=O)[O-])n[nH]1. The van der Waals surface area contributed by atoms with Gasteiger partial charge in [-0.05, 0) is 52.3 Å². The summed E-state index contributed by atoms with van der Waals surface area (Å²) in [6.45, 7) is 2.04. The highest BCUT2D eigenvalue weighted by Crippen LogP contribution is 2.29. The number of rotatable bonds is 6. The number of carboxylic acid groups (broad SMARTS) is 1. The first-order valence-electron chi connectivity index (χ1n) is 5.86. The molecule has 8 heteroatoms. The van der Waals surface area contributed by atoms with Crippen LogP contribution in [0.3, 0.4) is 0 Å². The van der Waals surface area contributed by atoms with Crippen LogP contribution in [-0.4, -0.2) is 21.2 Å². The van der Waals surface area contributed by atoms with Crippen LogP contribution in [0.4, 0.5) is 0 Å². The number of aromatic nitrogens is 3. The monoisotopic (exact) mass is 372 g/mol. The Balaban J connectivity index is 2.16. The number of carbonyl (C=O) groups excluding carboxylic acids is 1. The molecule has 0 spiro atoms. The fourth-order valence-corrected chi connectivity index (χ4v) is 3.59. The van der Waals surface area contributed by atoms with Crippen molar-refractivity contribution < 1.29 is 9.90 Å². The molecular formula is C12H11BrN3O2S2-. The van der Waals surface area contributed by atoms with Crippen LogP contribution in [0, 0.1) is 0 Å². The van der Waals surface area contributed by atoms with E-state index in [0.717, 1.165) is 39.1 Å². The van der Waals surface area contributed by atoms with Crippen molar-refractivity contribution in [2.24, 2.45) is 0 Å². The lowest BCUT2D eigenvalue weighted by Crippen LogP contribution is -2.23. The fourth-order valence-electron chi connectivity index (χ4n) is 1.44. The molecule has 0 aliphatic rings. The third-order valence-corrected chi connectivity index (χ3v) is 4.71. The van der Waals surface area contributed by atoms with Crippen LogP contribution in [0.2, 0.25) is 0 Å². The van der Waals surface area contributed by atoms with Gasteiger partial charge in [-0.25, -0.2) is 4.98 Å². The fraction of sp³-hybridized carbons (Fsp3) is 0.250. The van der Waals surface area contributed by atoms with Crippen molar-refractivity contribution in [2.75, 3.05) is 0 Å². The maximum atomic E-state index is 11.2. The average Bonchev–Trinajstić information content (AvgIpc) is 2.99. The van der Waals surface area contributed by atoms with Crippen molar-refractivity contribution in [3.63, 3.8) is 0 Å². The number of nitrogens with one attached hydrogen (secondary N) is 1. The summed E-state index contributed by atoms with van der Waals surface area (Å²) >= 11 is 5.77. The van der Waals surface area contributed by atoms with Crippen LogP contribution < -0.4 is 5.11 Å². The molecule has 1 N–H and O–H groups in total. The molecule has 0 aromatic carbocycles. The lowest BCUT2D eigenvalue weighted by atomic mass is 10.3. The van der Waals surface area contributed by atoms with Crippen molar-refractivity contribution in [3.05, 3.63) is 31.5 Å². The molecule has 2 aromatic rings. The number of halogens is 1. The molecule has 0 fully saturated rings.